The molecule has 0 spiro atoms. The average Bonchev–Trinajstić information content (AvgIpc) is 3.30. The third-order valence-corrected chi connectivity index (χ3v) is 5.49. The fourth-order valence-corrected chi connectivity index (χ4v) is 3.52. The van der Waals surface area contributed by atoms with Gasteiger partial charge in [0.25, 0.3) is 0 Å². The Balaban J connectivity index is 1.75. The summed E-state index contributed by atoms with van der Waals surface area (Å²) in [5.41, 5.74) is 2.55. The molecular weight excluding hydrogens is 314 g/mol. The van der Waals surface area contributed by atoms with Crippen LogP contribution in [0, 0.1) is 5.41 Å². The summed E-state index contributed by atoms with van der Waals surface area (Å²) in [5.74, 6) is 0.319. The number of benzene rings is 1. The van der Waals surface area contributed by atoms with Crippen LogP contribution in [0.15, 0.2) is 24.3 Å². The van der Waals surface area contributed by atoms with Crippen molar-refractivity contribution < 1.29 is 9.59 Å². The van der Waals surface area contributed by atoms with E-state index in [0.29, 0.717) is 5.92 Å². The second-order valence-electron chi connectivity index (χ2n) is 8.13. The third kappa shape index (κ3) is 4.03. The summed E-state index contributed by atoms with van der Waals surface area (Å²) in [4.78, 5) is 24.5. The topological polar surface area (TPSA) is 70.2 Å². The van der Waals surface area contributed by atoms with E-state index in [2.05, 4.69) is 61.0 Å². The first-order chi connectivity index (χ1) is 11.8. The molecule has 2 unspecified atom stereocenters. The molecular formula is C20H29N3O2. The Morgan fingerprint density at radius 1 is 1.20 bits per heavy atom. The lowest BCUT2D eigenvalue weighted by atomic mass is 9.89. The van der Waals surface area contributed by atoms with E-state index >= 15 is 0 Å². The summed E-state index contributed by atoms with van der Waals surface area (Å²) in [5, 5.41) is 9.15. The fourth-order valence-electron chi connectivity index (χ4n) is 3.52. The van der Waals surface area contributed by atoms with Crippen molar-refractivity contribution in [3.05, 3.63) is 35.4 Å². The first kappa shape index (κ1) is 17.9. The summed E-state index contributed by atoms with van der Waals surface area (Å²) in [6.45, 7) is 8.43. The molecule has 3 atom stereocenters. The van der Waals surface area contributed by atoms with E-state index in [-0.39, 0.29) is 35.9 Å². The van der Waals surface area contributed by atoms with Crippen LogP contribution in [-0.4, -0.2) is 24.0 Å². The smallest absolute Gasteiger partial charge is 0.238 e. The van der Waals surface area contributed by atoms with Crippen LogP contribution in [0.3, 0.4) is 0 Å². The standard InChI is InChI=1S/C20H29N3O2/c1-12(2)14-5-7-15(8-6-14)18(20(4)9-10-20)23-19(25)16-11-17(24)22-13(3)21-16/h5-8,12-13,16,18,21H,9-11H2,1-4H3,(H,22,24)(H,23,25)/t13?,16?,18-/m0/s1. The van der Waals surface area contributed by atoms with Gasteiger partial charge in [-0.15, -0.1) is 0 Å². The lowest BCUT2D eigenvalue weighted by molar-refractivity contribution is -0.132. The lowest BCUT2D eigenvalue weighted by Gasteiger charge is -2.32. The number of carbonyl (C=O) groups is 2. The van der Waals surface area contributed by atoms with Gasteiger partial charge in [0.1, 0.15) is 0 Å². The highest BCUT2D eigenvalue weighted by atomic mass is 16.2. The molecule has 1 aromatic carbocycles. The Labute approximate surface area is 150 Å². The van der Waals surface area contributed by atoms with Crippen LogP contribution in [0.1, 0.15) is 70.0 Å². The van der Waals surface area contributed by atoms with Crippen molar-refractivity contribution in [1.82, 2.24) is 16.0 Å². The van der Waals surface area contributed by atoms with Crippen molar-refractivity contribution in [2.75, 3.05) is 0 Å². The SMILES string of the molecule is CC1NC(=O)CC(C(=O)N[C@@H](c2ccc(C(C)C)cc2)C2(C)CC2)N1. The van der Waals surface area contributed by atoms with Crippen LogP contribution in [-0.2, 0) is 9.59 Å². The molecule has 3 N–H and O–H groups in total. The molecule has 1 aliphatic heterocycles. The van der Waals surface area contributed by atoms with Gasteiger partial charge in [0.15, 0.2) is 0 Å². The highest BCUT2D eigenvalue weighted by molar-refractivity contribution is 5.89. The lowest BCUT2D eigenvalue weighted by Crippen LogP contribution is -2.60. The molecule has 5 nitrogen and oxygen atoms in total. The van der Waals surface area contributed by atoms with Crippen LogP contribution in [0.2, 0.25) is 0 Å². The van der Waals surface area contributed by atoms with Gasteiger partial charge in [-0.1, -0.05) is 45.0 Å². The van der Waals surface area contributed by atoms with E-state index in [4.69, 9.17) is 0 Å². The highest BCUT2D eigenvalue weighted by Gasteiger charge is 2.47. The molecule has 25 heavy (non-hydrogen) atoms. The normalized spacial score (nSPS) is 26.0. The van der Waals surface area contributed by atoms with Crippen LogP contribution < -0.4 is 16.0 Å². The summed E-state index contributed by atoms with van der Waals surface area (Å²) >= 11 is 0. The van der Waals surface area contributed by atoms with Crippen LogP contribution in [0.25, 0.3) is 0 Å². The maximum absolute atomic E-state index is 12.8. The van der Waals surface area contributed by atoms with Crippen LogP contribution >= 0.6 is 0 Å². The third-order valence-electron chi connectivity index (χ3n) is 5.49. The molecule has 5 heteroatoms. The molecule has 0 radical (unpaired) electrons. The predicted octanol–water partition coefficient (Wildman–Crippen LogP) is 2.59. The van der Waals surface area contributed by atoms with Gasteiger partial charge in [-0.2, -0.15) is 0 Å². The van der Waals surface area contributed by atoms with E-state index < -0.39 is 6.04 Å². The van der Waals surface area contributed by atoms with Crippen molar-refractivity contribution in [3.8, 4) is 0 Å². The number of carbonyl (C=O) groups excluding carboxylic acids is 2. The molecule has 2 amide bonds. The molecule has 1 saturated carbocycles. The van der Waals surface area contributed by atoms with Crippen molar-refractivity contribution >= 4 is 11.8 Å². The van der Waals surface area contributed by atoms with E-state index in [0.717, 1.165) is 18.4 Å². The first-order valence-corrected chi connectivity index (χ1v) is 9.24. The molecule has 1 heterocycles. The van der Waals surface area contributed by atoms with Crippen molar-refractivity contribution in [1.29, 1.82) is 0 Å². The minimum absolute atomic E-state index is 0.0108. The summed E-state index contributed by atoms with van der Waals surface area (Å²) < 4.78 is 0. The van der Waals surface area contributed by atoms with Crippen molar-refractivity contribution in [3.63, 3.8) is 0 Å². The van der Waals surface area contributed by atoms with Crippen LogP contribution in [0.5, 0.6) is 0 Å². The number of hydrogen-bond donors (Lipinski definition) is 3. The zero-order chi connectivity index (χ0) is 18.2. The zero-order valence-electron chi connectivity index (χ0n) is 15.6. The number of rotatable bonds is 5. The highest BCUT2D eigenvalue weighted by Crippen LogP contribution is 2.54. The summed E-state index contributed by atoms with van der Waals surface area (Å²) in [6, 6.07) is 8.09. The monoisotopic (exact) mass is 343 g/mol. The van der Waals surface area contributed by atoms with Gasteiger partial charge in [-0.25, -0.2) is 0 Å². The second-order valence-corrected chi connectivity index (χ2v) is 8.13. The summed E-state index contributed by atoms with van der Waals surface area (Å²) in [6.07, 6.45) is 2.22. The molecule has 136 valence electrons. The molecule has 3 rings (SSSR count). The van der Waals surface area contributed by atoms with E-state index in [9.17, 15) is 9.59 Å². The molecule has 2 aliphatic rings. The van der Waals surface area contributed by atoms with E-state index in [1.165, 1.54) is 5.56 Å². The Hall–Kier alpha value is -1.88. The van der Waals surface area contributed by atoms with Crippen LogP contribution in [0.4, 0.5) is 0 Å². The van der Waals surface area contributed by atoms with Gasteiger partial charge in [-0.05, 0) is 42.2 Å². The predicted molar refractivity (Wildman–Crippen MR) is 97.9 cm³/mol. The van der Waals surface area contributed by atoms with Crippen molar-refractivity contribution in [2.45, 2.75) is 71.1 Å². The second kappa shape index (κ2) is 6.79. The number of hydrogen-bond acceptors (Lipinski definition) is 3. The minimum Gasteiger partial charge on any atom is -0.347 e. The molecule has 0 bridgehead atoms. The van der Waals surface area contributed by atoms with Crippen molar-refractivity contribution in [2.24, 2.45) is 5.41 Å². The molecule has 1 aliphatic carbocycles. The Kier molecular flexibility index (Phi) is 4.87. The van der Waals surface area contributed by atoms with E-state index in [1.807, 2.05) is 6.92 Å². The quantitative estimate of drug-likeness (QED) is 0.770. The number of nitrogens with one attached hydrogen (secondary N) is 3. The van der Waals surface area contributed by atoms with Gasteiger partial charge in [0.2, 0.25) is 11.8 Å². The Morgan fingerprint density at radius 2 is 1.80 bits per heavy atom. The van der Waals surface area contributed by atoms with Gasteiger partial charge in [0.05, 0.1) is 24.7 Å². The zero-order valence-corrected chi connectivity index (χ0v) is 15.6. The number of amides is 2. The maximum atomic E-state index is 12.8. The largest absolute Gasteiger partial charge is 0.347 e. The average molecular weight is 343 g/mol. The first-order valence-electron chi connectivity index (χ1n) is 9.24. The van der Waals surface area contributed by atoms with Gasteiger partial charge in [-0.3, -0.25) is 14.9 Å². The maximum Gasteiger partial charge on any atom is 0.238 e. The Morgan fingerprint density at radius 3 is 2.32 bits per heavy atom. The molecule has 2 fully saturated rings. The molecule has 0 aromatic heterocycles. The molecule has 1 saturated heterocycles. The Bertz CT molecular complexity index is 649. The molecule has 1 aromatic rings. The minimum atomic E-state index is -0.469. The van der Waals surface area contributed by atoms with Gasteiger partial charge in [0, 0.05) is 0 Å². The van der Waals surface area contributed by atoms with Gasteiger partial charge < -0.3 is 10.6 Å². The van der Waals surface area contributed by atoms with Gasteiger partial charge >= 0.3 is 0 Å². The fraction of sp³-hybridized carbons (Fsp3) is 0.600. The summed E-state index contributed by atoms with van der Waals surface area (Å²) in [7, 11) is 0. The van der Waals surface area contributed by atoms with E-state index in [1.54, 1.807) is 0 Å².